The van der Waals surface area contributed by atoms with Gasteiger partial charge in [-0.05, 0) is 51.5 Å². The number of hydrogen-bond donors (Lipinski definition) is 1. The van der Waals surface area contributed by atoms with E-state index in [0.29, 0.717) is 0 Å². The quantitative estimate of drug-likeness (QED) is 0.798. The van der Waals surface area contributed by atoms with Crippen LogP contribution >= 0.6 is 0 Å². The van der Waals surface area contributed by atoms with Crippen molar-refractivity contribution in [3.63, 3.8) is 0 Å². The second-order valence-electron chi connectivity index (χ2n) is 5.46. The molecule has 1 aromatic carbocycles. The van der Waals surface area contributed by atoms with Crippen LogP contribution in [-0.4, -0.2) is 32.1 Å². The molecule has 0 amide bonds. The van der Waals surface area contributed by atoms with E-state index in [4.69, 9.17) is 0 Å². The maximum atomic E-state index is 3.28. The Hall–Kier alpha value is -0.860. The van der Waals surface area contributed by atoms with Gasteiger partial charge < -0.3 is 10.2 Å². The van der Waals surface area contributed by atoms with Crippen LogP contribution in [0.15, 0.2) is 18.2 Å². The van der Waals surface area contributed by atoms with Crippen molar-refractivity contribution in [3.8, 4) is 0 Å². The Morgan fingerprint density at radius 3 is 2.61 bits per heavy atom. The van der Waals surface area contributed by atoms with Crippen molar-refractivity contribution in [1.82, 2.24) is 10.2 Å². The van der Waals surface area contributed by atoms with Crippen LogP contribution in [0.3, 0.4) is 0 Å². The Kier molecular flexibility index (Phi) is 6.37. The molecule has 0 saturated carbocycles. The van der Waals surface area contributed by atoms with Crippen molar-refractivity contribution in [1.29, 1.82) is 0 Å². The molecule has 18 heavy (non-hydrogen) atoms. The number of nitrogens with zero attached hydrogens (tertiary/aromatic N) is 1. The summed E-state index contributed by atoms with van der Waals surface area (Å²) in [4.78, 5) is 2.44. The zero-order valence-electron chi connectivity index (χ0n) is 12.6. The highest BCUT2D eigenvalue weighted by molar-refractivity contribution is 5.30. The highest BCUT2D eigenvalue weighted by Gasteiger charge is 2.10. The first-order chi connectivity index (χ1) is 8.56. The van der Waals surface area contributed by atoms with Gasteiger partial charge in [-0.15, -0.1) is 0 Å². The maximum absolute atomic E-state index is 3.28. The number of aryl methyl sites for hydroxylation is 2. The van der Waals surface area contributed by atoms with Gasteiger partial charge in [-0.25, -0.2) is 0 Å². The number of rotatable bonds is 7. The van der Waals surface area contributed by atoms with Crippen LogP contribution in [0.4, 0.5) is 0 Å². The minimum atomic E-state index is 0.741. The summed E-state index contributed by atoms with van der Waals surface area (Å²) in [5.74, 6) is 0.741. The molecular formula is C16H28N2. The Balaban J connectivity index is 2.58. The molecular weight excluding hydrogens is 220 g/mol. The van der Waals surface area contributed by atoms with Crippen molar-refractivity contribution >= 4 is 0 Å². The number of nitrogens with one attached hydrogen (secondary N) is 1. The van der Waals surface area contributed by atoms with Crippen LogP contribution in [0.1, 0.15) is 30.0 Å². The first kappa shape index (κ1) is 15.2. The first-order valence-electron chi connectivity index (χ1n) is 6.96. The van der Waals surface area contributed by atoms with Gasteiger partial charge in [0.15, 0.2) is 0 Å². The Labute approximate surface area is 112 Å². The predicted octanol–water partition coefficient (Wildman–Crippen LogP) is 2.98. The molecule has 0 fully saturated rings. The third kappa shape index (κ3) is 4.79. The lowest BCUT2D eigenvalue weighted by Crippen LogP contribution is -2.31. The van der Waals surface area contributed by atoms with Crippen molar-refractivity contribution in [2.24, 2.45) is 5.92 Å². The van der Waals surface area contributed by atoms with Crippen molar-refractivity contribution in [3.05, 3.63) is 34.9 Å². The lowest BCUT2D eigenvalue weighted by atomic mass is 10.0. The van der Waals surface area contributed by atoms with Gasteiger partial charge in [0.25, 0.3) is 0 Å². The average molecular weight is 248 g/mol. The predicted molar refractivity (Wildman–Crippen MR) is 80.0 cm³/mol. The summed E-state index contributed by atoms with van der Waals surface area (Å²) in [5.41, 5.74) is 4.21. The van der Waals surface area contributed by atoms with E-state index < -0.39 is 0 Å². The van der Waals surface area contributed by atoms with Crippen LogP contribution < -0.4 is 5.32 Å². The van der Waals surface area contributed by atoms with E-state index >= 15 is 0 Å². The van der Waals surface area contributed by atoms with Gasteiger partial charge in [0.1, 0.15) is 0 Å². The zero-order valence-corrected chi connectivity index (χ0v) is 12.6. The third-order valence-corrected chi connectivity index (χ3v) is 3.58. The minimum Gasteiger partial charge on any atom is -0.319 e. The molecule has 0 aromatic heterocycles. The van der Waals surface area contributed by atoms with E-state index in [1.54, 1.807) is 0 Å². The van der Waals surface area contributed by atoms with Crippen LogP contribution in [0, 0.1) is 19.8 Å². The molecule has 0 aliphatic carbocycles. The third-order valence-electron chi connectivity index (χ3n) is 3.58. The molecule has 0 spiro atoms. The van der Waals surface area contributed by atoms with Gasteiger partial charge in [0.2, 0.25) is 0 Å². The SMILES string of the molecule is CCC(CNC)CN(C)Cc1cc(C)ccc1C. The standard InChI is InChI=1S/C16H28N2/c1-6-15(10-17-4)11-18(5)12-16-9-13(2)7-8-14(16)3/h7-9,15,17H,6,10-12H2,1-5H3. The van der Waals surface area contributed by atoms with Crippen LogP contribution in [0.25, 0.3) is 0 Å². The molecule has 1 atom stereocenters. The summed E-state index contributed by atoms with van der Waals surface area (Å²) in [6, 6.07) is 6.73. The van der Waals surface area contributed by atoms with Crippen molar-refractivity contribution in [2.75, 3.05) is 27.2 Å². The van der Waals surface area contributed by atoms with Gasteiger partial charge in [0.05, 0.1) is 0 Å². The van der Waals surface area contributed by atoms with E-state index in [0.717, 1.165) is 25.6 Å². The summed E-state index contributed by atoms with van der Waals surface area (Å²) < 4.78 is 0. The summed E-state index contributed by atoms with van der Waals surface area (Å²) in [6.45, 7) is 9.95. The van der Waals surface area contributed by atoms with Gasteiger partial charge in [-0.3, -0.25) is 0 Å². The topological polar surface area (TPSA) is 15.3 Å². The molecule has 1 aromatic rings. The average Bonchev–Trinajstić information content (AvgIpc) is 2.33. The molecule has 102 valence electrons. The van der Waals surface area contributed by atoms with E-state index in [9.17, 15) is 0 Å². The lowest BCUT2D eigenvalue weighted by Gasteiger charge is -2.24. The molecule has 0 bridgehead atoms. The second kappa shape index (κ2) is 7.55. The van der Waals surface area contributed by atoms with Crippen molar-refractivity contribution in [2.45, 2.75) is 33.7 Å². The van der Waals surface area contributed by atoms with E-state index in [1.165, 1.54) is 23.1 Å². The van der Waals surface area contributed by atoms with Gasteiger partial charge in [-0.2, -0.15) is 0 Å². The molecule has 1 rings (SSSR count). The summed E-state index contributed by atoms with van der Waals surface area (Å²) >= 11 is 0. The first-order valence-corrected chi connectivity index (χ1v) is 6.96. The molecule has 0 heterocycles. The molecule has 2 heteroatoms. The molecule has 0 aliphatic rings. The smallest absolute Gasteiger partial charge is 0.0233 e. The fourth-order valence-electron chi connectivity index (χ4n) is 2.39. The highest BCUT2D eigenvalue weighted by atomic mass is 15.1. The molecule has 0 radical (unpaired) electrons. The highest BCUT2D eigenvalue weighted by Crippen LogP contribution is 2.14. The number of hydrogen-bond acceptors (Lipinski definition) is 2. The van der Waals surface area contributed by atoms with E-state index in [1.807, 2.05) is 7.05 Å². The van der Waals surface area contributed by atoms with Crippen LogP contribution in [0.2, 0.25) is 0 Å². The monoisotopic (exact) mass is 248 g/mol. The summed E-state index contributed by atoms with van der Waals surface area (Å²) in [5, 5.41) is 3.28. The van der Waals surface area contributed by atoms with Gasteiger partial charge in [0, 0.05) is 13.1 Å². The van der Waals surface area contributed by atoms with E-state index in [-0.39, 0.29) is 0 Å². The second-order valence-corrected chi connectivity index (χ2v) is 5.46. The number of benzene rings is 1. The molecule has 0 aliphatic heterocycles. The fraction of sp³-hybridized carbons (Fsp3) is 0.625. The largest absolute Gasteiger partial charge is 0.319 e. The Bertz CT molecular complexity index is 360. The van der Waals surface area contributed by atoms with Crippen LogP contribution in [-0.2, 0) is 6.54 Å². The minimum absolute atomic E-state index is 0.741. The molecule has 1 N–H and O–H groups in total. The maximum Gasteiger partial charge on any atom is 0.0233 e. The lowest BCUT2D eigenvalue weighted by molar-refractivity contribution is 0.261. The zero-order chi connectivity index (χ0) is 13.5. The molecule has 1 unspecified atom stereocenters. The Morgan fingerprint density at radius 1 is 1.28 bits per heavy atom. The summed E-state index contributed by atoms with van der Waals surface area (Å²) in [6.07, 6.45) is 1.23. The van der Waals surface area contributed by atoms with Crippen LogP contribution in [0.5, 0.6) is 0 Å². The molecule has 2 nitrogen and oxygen atoms in total. The fourth-order valence-corrected chi connectivity index (χ4v) is 2.39. The normalized spacial score (nSPS) is 13.0. The summed E-state index contributed by atoms with van der Waals surface area (Å²) in [7, 11) is 4.26. The Morgan fingerprint density at radius 2 is 2.00 bits per heavy atom. The van der Waals surface area contributed by atoms with Gasteiger partial charge >= 0.3 is 0 Å². The van der Waals surface area contributed by atoms with E-state index in [2.05, 4.69) is 56.2 Å². The van der Waals surface area contributed by atoms with Crippen molar-refractivity contribution < 1.29 is 0 Å². The van der Waals surface area contributed by atoms with Gasteiger partial charge in [-0.1, -0.05) is 37.1 Å². The molecule has 0 saturated heterocycles.